The topological polar surface area (TPSA) is 70.5 Å². The summed E-state index contributed by atoms with van der Waals surface area (Å²) in [7, 11) is 1.60. The zero-order valence-electron chi connectivity index (χ0n) is 16.4. The molecule has 0 saturated carbocycles. The summed E-state index contributed by atoms with van der Waals surface area (Å²) in [6, 6.07) is 15.3. The lowest BCUT2D eigenvalue weighted by atomic mass is 10.1. The number of hydrogen-bond donors (Lipinski definition) is 2. The van der Waals surface area contributed by atoms with Crippen LogP contribution in [-0.2, 0) is 19.6 Å². The number of aromatic nitrogens is 1. The van der Waals surface area contributed by atoms with Gasteiger partial charge < -0.3 is 24.4 Å². The van der Waals surface area contributed by atoms with Crippen molar-refractivity contribution in [3.8, 4) is 5.75 Å². The summed E-state index contributed by atoms with van der Waals surface area (Å²) in [4.78, 5) is 18.8. The normalized spacial score (nSPS) is 10.8. The van der Waals surface area contributed by atoms with Crippen molar-refractivity contribution in [1.29, 1.82) is 0 Å². The van der Waals surface area contributed by atoms with E-state index < -0.39 is 0 Å². The number of thiocarbonyl (C=S) groups is 1. The number of pyridine rings is 1. The van der Waals surface area contributed by atoms with Gasteiger partial charge in [-0.2, -0.15) is 0 Å². The Morgan fingerprint density at radius 3 is 2.87 bits per heavy atom. The van der Waals surface area contributed by atoms with Gasteiger partial charge in [0, 0.05) is 16.5 Å². The zero-order chi connectivity index (χ0) is 20.9. The summed E-state index contributed by atoms with van der Waals surface area (Å²) >= 11 is 7.30. The summed E-state index contributed by atoms with van der Waals surface area (Å²) in [6.45, 7) is 1.49. The standard InChI is InChI=1S/C22H21N3O3S2/c1-27-17-7-6-15-10-16(21(26)24-20(15)11-17)13-25(14-19-5-3-9-30-19)22(29)23-12-18-4-2-8-28-18/h2-11H,12-14H2,1H3,(H,23,29)(H,24,26). The van der Waals surface area contributed by atoms with Crippen molar-refractivity contribution in [1.82, 2.24) is 15.2 Å². The quantitative estimate of drug-likeness (QED) is 0.419. The molecule has 8 heteroatoms. The largest absolute Gasteiger partial charge is 0.497 e. The van der Waals surface area contributed by atoms with Crippen molar-refractivity contribution < 1.29 is 9.15 Å². The molecule has 0 aliphatic rings. The Labute approximate surface area is 183 Å². The molecule has 0 amide bonds. The van der Waals surface area contributed by atoms with Crippen LogP contribution in [0.1, 0.15) is 16.2 Å². The minimum atomic E-state index is -0.138. The van der Waals surface area contributed by atoms with Gasteiger partial charge in [0.15, 0.2) is 5.11 Å². The second kappa shape index (κ2) is 9.15. The molecular weight excluding hydrogens is 418 g/mol. The number of benzene rings is 1. The maximum absolute atomic E-state index is 12.7. The number of hydrogen-bond acceptors (Lipinski definition) is 5. The Morgan fingerprint density at radius 1 is 1.23 bits per heavy atom. The van der Waals surface area contributed by atoms with E-state index in [2.05, 4.69) is 16.4 Å². The third kappa shape index (κ3) is 4.72. The highest BCUT2D eigenvalue weighted by Gasteiger charge is 2.15. The average Bonchev–Trinajstić information content (AvgIpc) is 3.45. The monoisotopic (exact) mass is 439 g/mol. The molecule has 3 aromatic heterocycles. The third-order valence-corrected chi connectivity index (χ3v) is 5.96. The molecule has 0 fully saturated rings. The Kier molecular flexibility index (Phi) is 6.15. The summed E-state index contributed by atoms with van der Waals surface area (Å²) in [6.07, 6.45) is 1.63. The molecule has 0 aliphatic carbocycles. The Bertz CT molecular complexity index is 1180. The summed E-state index contributed by atoms with van der Waals surface area (Å²) in [5.41, 5.74) is 1.25. The summed E-state index contributed by atoms with van der Waals surface area (Å²) < 4.78 is 10.6. The molecule has 0 spiro atoms. The highest BCUT2D eigenvalue weighted by molar-refractivity contribution is 7.80. The number of rotatable bonds is 7. The van der Waals surface area contributed by atoms with E-state index in [1.807, 2.05) is 52.7 Å². The molecule has 0 saturated heterocycles. The first-order chi connectivity index (χ1) is 14.6. The fourth-order valence-electron chi connectivity index (χ4n) is 3.15. The van der Waals surface area contributed by atoms with Crippen molar-refractivity contribution >= 4 is 39.6 Å². The lowest BCUT2D eigenvalue weighted by molar-refractivity contribution is 0.396. The van der Waals surface area contributed by atoms with E-state index in [9.17, 15) is 4.79 Å². The van der Waals surface area contributed by atoms with Gasteiger partial charge in [0.05, 0.1) is 38.5 Å². The van der Waals surface area contributed by atoms with Gasteiger partial charge in [0.25, 0.3) is 5.56 Å². The molecule has 1 aromatic carbocycles. The van der Waals surface area contributed by atoms with E-state index in [4.69, 9.17) is 21.4 Å². The molecular formula is C22H21N3O3S2. The first-order valence-corrected chi connectivity index (χ1v) is 10.7. The lowest BCUT2D eigenvalue weighted by Gasteiger charge is -2.25. The molecule has 0 radical (unpaired) electrons. The smallest absolute Gasteiger partial charge is 0.253 e. The van der Waals surface area contributed by atoms with Crippen molar-refractivity contribution in [2.75, 3.05) is 7.11 Å². The molecule has 30 heavy (non-hydrogen) atoms. The maximum Gasteiger partial charge on any atom is 0.253 e. The number of thiophene rings is 1. The number of fused-ring (bicyclic) bond motifs is 1. The van der Waals surface area contributed by atoms with E-state index >= 15 is 0 Å². The van der Waals surface area contributed by atoms with Gasteiger partial charge in [0.1, 0.15) is 11.5 Å². The molecule has 0 atom stereocenters. The van der Waals surface area contributed by atoms with Crippen LogP contribution in [0, 0.1) is 0 Å². The molecule has 6 nitrogen and oxygen atoms in total. The first-order valence-electron chi connectivity index (χ1n) is 9.40. The maximum atomic E-state index is 12.7. The fraction of sp³-hybridized carbons (Fsp3) is 0.182. The van der Waals surface area contributed by atoms with Crippen LogP contribution in [0.25, 0.3) is 10.9 Å². The number of H-pyrrole nitrogens is 1. The Balaban J connectivity index is 1.57. The van der Waals surface area contributed by atoms with Crippen molar-refractivity contribution in [3.63, 3.8) is 0 Å². The number of nitrogens with zero attached hydrogens (tertiary/aromatic N) is 1. The van der Waals surface area contributed by atoms with Crippen LogP contribution in [0.5, 0.6) is 5.75 Å². The summed E-state index contributed by atoms with van der Waals surface area (Å²) in [5, 5.41) is 6.76. The van der Waals surface area contributed by atoms with Crippen LogP contribution >= 0.6 is 23.6 Å². The SMILES string of the molecule is COc1ccc2cc(CN(Cc3cccs3)C(=S)NCc3ccco3)c(=O)[nH]c2c1. The van der Waals surface area contributed by atoms with Gasteiger partial charge in [-0.15, -0.1) is 11.3 Å². The van der Waals surface area contributed by atoms with Gasteiger partial charge in [0.2, 0.25) is 0 Å². The van der Waals surface area contributed by atoms with Gasteiger partial charge in [-0.1, -0.05) is 6.07 Å². The van der Waals surface area contributed by atoms with E-state index in [-0.39, 0.29) is 5.56 Å². The van der Waals surface area contributed by atoms with E-state index in [0.717, 1.165) is 16.7 Å². The van der Waals surface area contributed by atoms with Crippen LogP contribution < -0.4 is 15.6 Å². The molecule has 4 rings (SSSR count). The summed E-state index contributed by atoms with van der Waals surface area (Å²) in [5.74, 6) is 1.50. The van der Waals surface area contributed by atoms with Crippen LogP contribution in [0.2, 0.25) is 0 Å². The third-order valence-electron chi connectivity index (χ3n) is 4.70. The van der Waals surface area contributed by atoms with Crippen molar-refractivity contribution in [2.24, 2.45) is 0 Å². The van der Waals surface area contributed by atoms with Crippen LogP contribution in [0.4, 0.5) is 0 Å². The van der Waals surface area contributed by atoms with Crippen molar-refractivity contribution in [3.05, 3.63) is 86.7 Å². The highest BCUT2D eigenvalue weighted by atomic mass is 32.1. The minimum absolute atomic E-state index is 0.138. The van der Waals surface area contributed by atoms with Crippen molar-refractivity contribution in [2.45, 2.75) is 19.6 Å². The Morgan fingerprint density at radius 2 is 2.13 bits per heavy atom. The van der Waals surface area contributed by atoms with Gasteiger partial charge >= 0.3 is 0 Å². The van der Waals surface area contributed by atoms with E-state index in [0.29, 0.717) is 36.1 Å². The number of methoxy groups -OCH3 is 1. The molecule has 0 bridgehead atoms. The first kappa shape index (κ1) is 20.2. The van der Waals surface area contributed by atoms with Crippen LogP contribution in [0.15, 0.2) is 69.4 Å². The Hall–Kier alpha value is -3.10. The lowest BCUT2D eigenvalue weighted by Crippen LogP contribution is -2.39. The van der Waals surface area contributed by atoms with E-state index in [1.165, 1.54) is 4.88 Å². The molecule has 0 aliphatic heterocycles. The second-order valence-electron chi connectivity index (χ2n) is 6.75. The minimum Gasteiger partial charge on any atom is -0.497 e. The number of furan rings is 1. The second-order valence-corrected chi connectivity index (χ2v) is 8.17. The van der Waals surface area contributed by atoms with Gasteiger partial charge in [-0.3, -0.25) is 4.79 Å². The molecule has 4 aromatic rings. The molecule has 154 valence electrons. The fourth-order valence-corrected chi connectivity index (χ4v) is 4.07. The molecule has 3 heterocycles. The zero-order valence-corrected chi connectivity index (χ0v) is 18.0. The van der Waals surface area contributed by atoms with E-state index in [1.54, 1.807) is 24.7 Å². The predicted molar refractivity (Wildman–Crippen MR) is 123 cm³/mol. The van der Waals surface area contributed by atoms with Crippen LogP contribution in [-0.4, -0.2) is 22.1 Å². The number of nitrogens with one attached hydrogen (secondary N) is 2. The van der Waals surface area contributed by atoms with Gasteiger partial charge in [-0.05, 0) is 59.4 Å². The molecule has 2 N–H and O–H groups in total. The van der Waals surface area contributed by atoms with Crippen LogP contribution in [0.3, 0.4) is 0 Å². The molecule has 0 unspecified atom stereocenters. The van der Waals surface area contributed by atoms with Gasteiger partial charge in [-0.25, -0.2) is 0 Å². The average molecular weight is 440 g/mol. The predicted octanol–water partition coefficient (Wildman–Crippen LogP) is 4.27. The highest BCUT2D eigenvalue weighted by Crippen LogP contribution is 2.20. The number of ether oxygens (including phenoxy) is 1. The number of aromatic amines is 1.